The van der Waals surface area contributed by atoms with Gasteiger partial charge in [-0.25, -0.2) is 0 Å². The van der Waals surface area contributed by atoms with Crippen molar-refractivity contribution in [3.05, 3.63) is 88.6 Å². The molecular weight excluding hydrogens is 398 g/mol. The van der Waals surface area contributed by atoms with E-state index in [-0.39, 0.29) is 5.41 Å². The maximum atomic E-state index is 4.54. The molecule has 0 spiro atoms. The Balaban J connectivity index is 0.00000149. The van der Waals surface area contributed by atoms with Gasteiger partial charge in [0.15, 0.2) is 0 Å². The minimum Gasteiger partial charge on any atom is -0.313 e. The zero-order valence-electron chi connectivity index (χ0n) is 22.3. The standard InChI is InChI=1S/C30H39N.C2H6/c1-19(2)20(3)13-15-25(31-7)17-30-18-27(29(30)26-10-8-9-11-28(26)30)23(6)24-14-12-21(4)22(5)16-24;1-2/h10-16,18-20,25,29,31H,6,8-9,17H2,1-5,7H3;1-2H3/b15-13-;. The van der Waals surface area contributed by atoms with Crippen molar-refractivity contribution in [1.82, 2.24) is 5.32 Å². The lowest BCUT2D eigenvalue weighted by atomic mass is 9.41. The van der Waals surface area contributed by atoms with Gasteiger partial charge >= 0.3 is 0 Å². The number of rotatable bonds is 8. The Labute approximate surface area is 203 Å². The molecule has 4 rings (SSSR count). The monoisotopic (exact) mass is 443 g/mol. The van der Waals surface area contributed by atoms with Crippen molar-refractivity contribution in [2.24, 2.45) is 23.2 Å². The van der Waals surface area contributed by atoms with Gasteiger partial charge in [-0.15, -0.1) is 0 Å². The van der Waals surface area contributed by atoms with Crippen LogP contribution in [0.3, 0.4) is 0 Å². The summed E-state index contributed by atoms with van der Waals surface area (Å²) in [6, 6.07) is 7.16. The van der Waals surface area contributed by atoms with Crippen LogP contribution in [0.25, 0.3) is 5.57 Å². The lowest BCUT2D eigenvalue weighted by molar-refractivity contribution is 0.213. The molecule has 0 saturated heterocycles. The molecule has 4 atom stereocenters. The number of benzene rings is 1. The molecule has 4 unspecified atom stereocenters. The van der Waals surface area contributed by atoms with Gasteiger partial charge in [0.05, 0.1) is 0 Å². The first-order valence-corrected chi connectivity index (χ1v) is 13.0. The number of hydrogen-bond acceptors (Lipinski definition) is 1. The first-order chi connectivity index (χ1) is 15.8. The molecule has 3 aliphatic carbocycles. The Morgan fingerprint density at radius 2 is 1.79 bits per heavy atom. The van der Waals surface area contributed by atoms with Gasteiger partial charge in [0.1, 0.15) is 0 Å². The highest BCUT2D eigenvalue weighted by Gasteiger charge is 2.61. The SMILES string of the molecule is C=C(C1=CC2(CC(/C=C\C(C)C(C)C)NC)C3=CCCC=C3C12)c1ccc(C)c(C)c1.CC. The van der Waals surface area contributed by atoms with Crippen LogP contribution >= 0.6 is 0 Å². The van der Waals surface area contributed by atoms with Crippen LogP contribution in [0.4, 0.5) is 0 Å². The van der Waals surface area contributed by atoms with E-state index in [0.717, 1.165) is 6.42 Å². The summed E-state index contributed by atoms with van der Waals surface area (Å²) in [6.07, 6.45) is 15.8. The van der Waals surface area contributed by atoms with Crippen molar-refractivity contribution in [2.75, 3.05) is 7.05 Å². The van der Waals surface area contributed by atoms with E-state index < -0.39 is 0 Å². The molecule has 3 aliphatic rings. The van der Waals surface area contributed by atoms with Gasteiger partial charge in [-0.1, -0.05) is 89.8 Å². The van der Waals surface area contributed by atoms with E-state index in [1.807, 2.05) is 13.8 Å². The quantitative estimate of drug-likeness (QED) is 0.398. The van der Waals surface area contributed by atoms with Gasteiger partial charge in [0.25, 0.3) is 0 Å². The lowest BCUT2D eigenvalue weighted by Gasteiger charge is -2.62. The fourth-order valence-electron chi connectivity index (χ4n) is 5.46. The largest absolute Gasteiger partial charge is 0.313 e. The van der Waals surface area contributed by atoms with Crippen molar-refractivity contribution >= 4 is 5.57 Å². The normalized spacial score (nSPS) is 24.8. The summed E-state index contributed by atoms with van der Waals surface area (Å²) in [5, 5.41) is 3.57. The molecule has 1 saturated carbocycles. The zero-order chi connectivity index (χ0) is 24.3. The molecule has 1 heteroatoms. The molecule has 0 radical (unpaired) electrons. The summed E-state index contributed by atoms with van der Waals surface area (Å²) >= 11 is 0. The highest BCUT2D eigenvalue weighted by molar-refractivity contribution is 5.86. The Morgan fingerprint density at radius 3 is 2.42 bits per heavy atom. The summed E-state index contributed by atoms with van der Waals surface area (Å²) < 4.78 is 0. The summed E-state index contributed by atoms with van der Waals surface area (Å²) in [4.78, 5) is 0. The second-order valence-corrected chi connectivity index (χ2v) is 10.3. The number of aryl methyl sites for hydroxylation is 2. The third-order valence-electron chi connectivity index (χ3n) is 8.07. The van der Waals surface area contributed by atoms with Gasteiger partial charge in [0, 0.05) is 17.4 Å². The third-order valence-corrected chi connectivity index (χ3v) is 8.07. The van der Waals surface area contributed by atoms with Crippen molar-refractivity contribution in [2.45, 2.75) is 73.8 Å². The molecule has 1 aromatic carbocycles. The fraction of sp³-hybridized carbons (Fsp3) is 0.500. The fourth-order valence-corrected chi connectivity index (χ4v) is 5.46. The van der Waals surface area contributed by atoms with Crippen LogP contribution in [0.2, 0.25) is 0 Å². The first kappa shape index (κ1) is 25.5. The number of likely N-dealkylation sites (N-methyl/N-ethyl adjacent to an activating group) is 1. The predicted molar refractivity (Wildman–Crippen MR) is 146 cm³/mol. The molecular formula is C32H45N. The Bertz CT molecular complexity index is 999. The molecule has 1 N–H and O–H groups in total. The minimum atomic E-state index is 0.184. The van der Waals surface area contributed by atoms with Crippen LogP contribution in [0, 0.1) is 37.0 Å². The smallest absolute Gasteiger partial charge is 0.0265 e. The van der Waals surface area contributed by atoms with Crippen LogP contribution in [-0.2, 0) is 0 Å². The third kappa shape index (κ3) is 4.62. The predicted octanol–water partition coefficient (Wildman–Crippen LogP) is 8.37. The second kappa shape index (κ2) is 10.4. The maximum Gasteiger partial charge on any atom is 0.0265 e. The van der Waals surface area contributed by atoms with E-state index in [2.05, 4.69) is 102 Å². The van der Waals surface area contributed by atoms with E-state index in [9.17, 15) is 0 Å². The summed E-state index contributed by atoms with van der Waals surface area (Å²) in [5.74, 6) is 1.79. The van der Waals surface area contributed by atoms with Gasteiger partial charge < -0.3 is 5.32 Å². The van der Waals surface area contributed by atoms with Crippen molar-refractivity contribution in [3.8, 4) is 0 Å². The molecule has 178 valence electrons. The summed E-state index contributed by atoms with van der Waals surface area (Å²) in [6.45, 7) is 19.8. The van der Waals surface area contributed by atoms with E-state index in [1.54, 1.807) is 11.1 Å². The number of allylic oxidation sites excluding steroid dienone is 8. The Morgan fingerprint density at radius 1 is 1.09 bits per heavy atom. The first-order valence-electron chi connectivity index (χ1n) is 13.0. The van der Waals surface area contributed by atoms with Gasteiger partial charge in [-0.3, -0.25) is 0 Å². The van der Waals surface area contributed by atoms with Gasteiger partial charge in [0.2, 0.25) is 0 Å². The van der Waals surface area contributed by atoms with Gasteiger partial charge in [-0.2, -0.15) is 0 Å². The van der Waals surface area contributed by atoms with E-state index in [1.165, 1.54) is 40.7 Å². The number of nitrogens with one attached hydrogen (secondary N) is 1. The summed E-state index contributed by atoms with van der Waals surface area (Å²) in [7, 11) is 2.10. The van der Waals surface area contributed by atoms with Crippen molar-refractivity contribution < 1.29 is 0 Å². The molecule has 0 amide bonds. The van der Waals surface area contributed by atoms with Crippen LogP contribution in [-0.4, -0.2) is 13.1 Å². The molecule has 0 bridgehead atoms. The average Bonchev–Trinajstić information content (AvgIpc) is 2.81. The maximum absolute atomic E-state index is 4.54. The van der Waals surface area contributed by atoms with Crippen LogP contribution < -0.4 is 5.32 Å². The topological polar surface area (TPSA) is 12.0 Å². The van der Waals surface area contributed by atoms with Crippen molar-refractivity contribution in [1.29, 1.82) is 0 Å². The minimum absolute atomic E-state index is 0.184. The van der Waals surface area contributed by atoms with Crippen LogP contribution in [0.1, 0.15) is 70.6 Å². The molecule has 0 heterocycles. The Hall–Kier alpha value is -2.12. The molecule has 0 aromatic heterocycles. The zero-order valence-corrected chi connectivity index (χ0v) is 22.3. The highest BCUT2D eigenvalue weighted by Crippen LogP contribution is 2.70. The van der Waals surface area contributed by atoms with Crippen LogP contribution in [0.5, 0.6) is 0 Å². The number of hydrogen-bond donors (Lipinski definition) is 1. The summed E-state index contributed by atoms with van der Waals surface area (Å²) in [5.41, 5.74) is 9.96. The Kier molecular flexibility index (Phi) is 8.06. The van der Waals surface area contributed by atoms with Crippen LogP contribution in [0.15, 0.2) is 71.9 Å². The average molecular weight is 444 g/mol. The van der Waals surface area contributed by atoms with E-state index in [0.29, 0.717) is 23.8 Å². The van der Waals surface area contributed by atoms with E-state index >= 15 is 0 Å². The molecule has 1 nitrogen and oxygen atoms in total. The molecule has 1 aromatic rings. The molecule has 0 aliphatic heterocycles. The highest BCUT2D eigenvalue weighted by atomic mass is 14.9. The second-order valence-electron chi connectivity index (χ2n) is 10.3. The lowest BCUT2D eigenvalue weighted by Crippen LogP contribution is -2.54. The van der Waals surface area contributed by atoms with Gasteiger partial charge in [-0.05, 0) is 91.0 Å². The number of fused-ring (bicyclic) bond motifs is 4. The molecule has 1 fully saturated rings. The van der Waals surface area contributed by atoms with Crippen molar-refractivity contribution in [3.63, 3.8) is 0 Å². The van der Waals surface area contributed by atoms with E-state index in [4.69, 9.17) is 0 Å². The molecule has 33 heavy (non-hydrogen) atoms.